The van der Waals surface area contributed by atoms with Crippen molar-refractivity contribution in [3.05, 3.63) is 11.8 Å². The van der Waals surface area contributed by atoms with Crippen LogP contribution in [0.15, 0.2) is 4.42 Å². The van der Waals surface area contributed by atoms with E-state index in [0.29, 0.717) is 6.54 Å². The maximum absolute atomic E-state index is 12.4. The molecule has 0 fully saturated rings. The highest BCUT2D eigenvalue weighted by atomic mass is 19.4. The summed E-state index contributed by atoms with van der Waals surface area (Å²) in [6, 6.07) is 0. The van der Waals surface area contributed by atoms with E-state index in [1.165, 1.54) is 0 Å². The minimum absolute atomic E-state index is 0.0801. The Bertz CT molecular complexity index is 385. The Kier molecular flexibility index (Phi) is 4.77. The Hall–Kier alpha value is -1.32. The van der Waals surface area contributed by atoms with Gasteiger partial charge in [0.15, 0.2) is 0 Å². The lowest BCUT2D eigenvalue weighted by molar-refractivity contribution is -0.258. The maximum atomic E-state index is 12.4. The summed E-state index contributed by atoms with van der Waals surface area (Å²) in [6.45, 7) is 2.29. The fourth-order valence-corrected chi connectivity index (χ4v) is 1.29. The van der Waals surface area contributed by atoms with Crippen LogP contribution in [-0.4, -0.2) is 29.1 Å². The SMILES string of the molecule is CCCNCc1nnc(C(C(F)(F)F)C(F)(F)F)o1. The molecule has 19 heavy (non-hydrogen) atoms. The molecule has 1 rings (SSSR count). The third-order valence-electron chi connectivity index (χ3n) is 2.09. The van der Waals surface area contributed by atoms with Crippen molar-refractivity contribution in [1.82, 2.24) is 15.5 Å². The van der Waals surface area contributed by atoms with Gasteiger partial charge in [0.1, 0.15) is 0 Å². The van der Waals surface area contributed by atoms with Crippen molar-refractivity contribution in [1.29, 1.82) is 0 Å². The van der Waals surface area contributed by atoms with Gasteiger partial charge in [0.2, 0.25) is 17.7 Å². The molecule has 0 aliphatic carbocycles. The largest absolute Gasteiger partial charge is 0.423 e. The van der Waals surface area contributed by atoms with Crippen LogP contribution >= 0.6 is 0 Å². The van der Waals surface area contributed by atoms with Crippen LogP contribution in [0.1, 0.15) is 31.0 Å². The first-order valence-electron chi connectivity index (χ1n) is 5.32. The van der Waals surface area contributed by atoms with Gasteiger partial charge in [-0.1, -0.05) is 6.92 Å². The molecule has 0 radical (unpaired) electrons. The summed E-state index contributed by atoms with van der Waals surface area (Å²) in [7, 11) is 0. The third kappa shape index (κ3) is 4.37. The van der Waals surface area contributed by atoms with Gasteiger partial charge in [0, 0.05) is 0 Å². The number of hydrogen-bond donors (Lipinski definition) is 1. The van der Waals surface area contributed by atoms with Gasteiger partial charge in [-0.15, -0.1) is 10.2 Å². The lowest BCUT2D eigenvalue weighted by atomic mass is 10.1. The lowest BCUT2D eigenvalue weighted by Crippen LogP contribution is -2.34. The molecule has 0 spiro atoms. The quantitative estimate of drug-likeness (QED) is 0.669. The average Bonchev–Trinajstić information content (AvgIpc) is 2.62. The molecule has 1 aromatic heterocycles. The number of rotatable bonds is 5. The number of nitrogens with one attached hydrogen (secondary N) is 1. The number of nitrogens with zero attached hydrogens (tertiary/aromatic N) is 2. The number of hydrogen-bond acceptors (Lipinski definition) is 4. The molecule has 1 heterocycles. The highest BCUT2D eigenvalue weighted by Crippen LogP contribution is 2.45. The van der Waals surface area contributed by atoms with Gasteiger partial charge in [0.25, 0.3) is 0 Å². The van der Waals surface area contributed by atoms with Crippen molar-refractivity contribution in [2.75, 3.05) is 6.54 Å². The van der Waals surface area contributed by atoms with E-state index in [0.717, 1.165) is 6.42 Å². The highest BCUT2D eigenvalue weighted by Gasteiger charge is 2.60. The molecule has 110 valence electrons. The van der Waals surface area contributed by atoms with Crippen molar-refractivity contribution in [2.45, 2.75) is 38.2 Å². The van der Waals surface area contributed by atoms with Gasteiger partial charge in [-0.3, -0.25) is 0 Å². The van der Waals surface area contributed by atoms with Crippen LogP contribution in [-0.2, 0) is 6.54 Å². The van der Waals surface area contributed by atoms with E-state index in [1.807, 2.05) is 6.92 Å². The van der Waals surface area contributed by atoms with Crippen molar-refractivity contribution in [3.8, 4) is 0 Å². The molecule has 0 unspecified atom stereocenters. The third-order valence-corrected chi connectivity index (χ3v) is 2.09. The summed E-state index contributed by atoms with van der Waals surface area (Å²) in [6.07, 6.45) is -10.3. The van der Waals surface area contributed by atoms with Crippen LogP contribution in [0.25, 0.3) is 0 Å². The molecule has 0 bridgehead atoms. The number of halogens is 6. The summed E-state index contributed by atoms with van der Waals surface area (Å²) < 4.78 is 78.5. The number of alkyl halides is 6. The van der Waals surface area contributed by atoms with Crippen molar-refractivity contribution >= 4 is 0 Å². The summed E-state index contributed by atoms with van der Waals surface area (Å²) >= 11 is 0. The van der Waals surface area contributed by atoms with Gasteiger partial charge < -0.3 is 9.73 Å². The Balaban J connectivity index is 2.87. The zero-order valence-corrected chi connectivity index (χ0v) is 9.77. The second-order valence-electron chi connectivity index (χ2n) is 3.73. The first-order chi connectivity index (χ1) is 8.66. The molecule has 10 heteroatoms. The Morgan fingerprint density at radius 2 is 1.68 bits per heavy atom. The standard InChI is InChI=1S/C9H11F6N3O/c1-2-3-16-4-5-17-18-7(19-5)6(8(10,11)12)9(13,14)15/h6,16H,2-4H2,1H3. The van der Waals surface area contributed by atoms with Gasteiger partial charge in [-0.05, 0) is 13.0 Å². The fourth-order valence-electron chi connectivity index (χ4n) is 1.29. The minimum Gasteiger partial charge on any atom is -0.423 e. The zero-order valence-electron chi connectivity index (χ0n) is 9.77. The van der Waals surface area contributed by atoms with Gasteiger partial charge >= 0.3 is 12.4 Å². The molecule has 0 saturated carbocycles. The van der Waals surface area contributed by atoms with Crippen LogP contribution in [0, 0.1) is 0 Å². The lowest BCUT2D eigenvalue weighted by Gasteiger charge is -2.19. The van der Waals surface area contributed by atoms with E-state index < -0.39 is 24.2 Å². The summed E-state index contributed by atoms with van der Waals surface area (Å²) in [5.41, 5.74) is 0. The summed E-state index contributed by atoms with van der Waals surface area (Å²) in [4.78, 5) is 0. The predicted octanol–water partition coefficient (Wildman–Crippen LogP) is 2.78. The van der Waals surface area contributed by atoms with E-state index in [4.69, 9.17) is 0 Å². The number of aromatic nitrogens is 2. The molecule has 0 atom stereocenters. The molecular weight excluding hydrogens is 280 g/mol. The molecule has 0 amide bonds. The second kappa shape index (κ2) is 5.76. The van der Waals surface area contributed by atoms with E-state index >= 15 is 0 Å². The summed E-state index contributed by atoms with van der Waals surface area (Å²) in [5, 5.41) is 8.71. The van der Waals surface area contributed by atoms with Crippen LogP contribution < -0.4 is 5.32 Å². The highest BCUT2D eigenvalue weighted by molar-refractivity contribution is 5.00. The van der Waals surface area contributed by atoms with E-state index in [2.05, 4.69) is 19.9 Å². The van der Waals surface area contributed by atoms with Crippen LogP contribution in [0.3, 0.4) is 0 Å². The Morgan fingerprint density at radius 3 is 2.16 bits per heavy atom. The van der Waals surface area contributed by atoms with Gasteiger partial charge in [0.05, 0.1) is 6.54 Å². The molecule has 4 nitrogen and oxygen atoms in total. The van der Waals surface area contributed by atoms with E-state index in [-0.39, 0.29) is 12.4 Å². The molecule has 1 aromatic rings. The topological polar surface area (TPSA) is 51.0 Å². The predicted molar refractivity (Wildman–Crippen MR) is 51.1 cm³/mol. The molecule has 0 aromatic carbocycles. The first kappa shape index (κ1) is 15.7. The molecular formula is C9H11F6N3O. The van der Waals surface area contributed by atoms with Gasteiger partial charge in [-0.25, -0.2) is 0 Å². The van der Waals surface area contributed by atoms with Crippen LogP contribution in [0.5, 0.6) is 0 Å². The van der Waals surface area contributed by atoms with Crippen molar-refractivity contribution in [2.24, 2.45) is 0 Å². The normalized spacial score (nSPS) is 13.3. The maximum Gasteiger partial charge on any atom is 0.409 e. The van der Waals surface area contributed by atoms with Crippen LogP contribution in [0.4, 0.5) is 26.3 Å². The fraction of sp³-hybridized carbons (Fsp3) is 0.778. The zero-order chi connectivity index (χ0) is 14.7. The van der Waals surface area contributed by atoms with E-state index in [1.54, 1.807) is 0 Å². The van der Waals surface area contributed by atoms with Crippen molar-refractivity contribution < 1.29 is 30.8 Å². The average molecular weight is 291 g/mol. The molecule has 1 N–H and O–H groups in total. The Labute approximate surface area is 104 Å². The van der Waals surface area contributed by atoms with Crippen molar-refractivity contribution in [3.63, 3.8) is 0 Å². The molecule has 0 aliphatic rings. The molecule has 0 aliphatic heterocycles. The molecule has 0 saturated heterocycles. The van der Waals surface area contributed by atoms with Gasteiger partial charge in [-0.2, -0.15) is 26.3 Å². The second-order valence-corrected chi connectivity index (χ2v) is 3.73. The first-order valence-corrected chi connectivity index (χ1v) is 5.32. The Morgan fingerprint density at radius 1 is 1.11 bits per heavy atom. The van der Waals surface area contributed by atoms with E-state index in [9.17, 15) is 26.3 Å². The van der Waals surface area contributed by atoms with Crippen LogP contribution in [0.2, 0.25) is 0 Å². The smallest absolute Gasteiger partial charge is 0.409 e. The monoisotopic (exact) mass is 291 g/mol. The summed E-state index contributed by atoms with van der Waals surface area (Å²) in [5.74, 6) is -5.57. The minimum atomic E-state index is -5.53.